The average Bonchev–Trinajstić information content (AvgIpc) is 2.35. The molecule has 1 saturated heterocycles. The molecule has 0 bridgehead atoms. The largest absolute Gasteiger partial charge is 0.313 e. The Morgan fingerprint density at radius 1 is 1.25 bits per heavy atom. The maximum Gasteiger partial charge on any atom is 0.0263 e. The topological polar surface area (TPSA) is 12.0 Å². The molecule has 3 heteroatoms. The van der Waals surface area contributed by atoms with Crippen molar-refractivity contribution in [2.45, 2.75) is 51.3 Å². The molecule has 0 radical (unpaired) electrons. The molecule has 1 rings (SSSR count). The summed E-state index contributed by atoms with van der Waals surface area (Å²) in [6, 6.07) is 0.738. The van der Waals surface area contributed by atoms with Crippen LogP contribution in [0.25, 0.3) is 0 Å². The summed E-state index contributed by atoms with van der Waals surface area (Å²) in [5.41, 5.74) is 0. The van der Waals surface area contributed by atoms with Crippen molar-refractivity contribution >= 4 is 23.5 Å². The van der Waals surface area contributed by atoms with Gasteiger partial charge in [-0.3, -0.25) is 0 Å². The minimum atomic E-state index is 0.738. The van der Waals surface area contributed by atoms with Crippen LogP contribution in [0.2, 0.25) is 0 Å². The molecule has 0 aromatic rings. The summed E-state index contributed by atoms with van der Waals surface area (Å²) in [7, 11) is 0. The first kappa shape index (κ1) is 14.7. The van der Waals surface area contributed by atoms with Crippen LogP contribution < -0.4 is 5.32 Å². The number of hydrogen-bond donors (Lipinski definition) is 1. The third-order valence-electron chi connectivity index (χ3n) is 3.40. The van der Waals surface area contributed by atoms with E-state index in [1.54, 1.807) is 0 Å². The predicted molar refractivity (Wildman–Crippen MR) is 79.7 cm³/mol. The van der Waals surface area contributed by atoms with Gasteiger partial charge in [-0.25, -0.2) is 0 Å². The van der Waals surface area contributed by atoms with Crippen molar-refractivity contribution in [3.8, 4) is 0 Å². The number of thioether (sulfide) groups is 2. The molecule has 0 aliphatic carbocycles. The zero-order valence-corrected chi connectivity index (χ0v) is 12.6. The summed E-state index contributed by atoms with van der Waals surface area (Å²) < 4.78 is 0. The van der Waals surface area contributed by atoms with Gasteiger partial charge >= 0.3 is 0 Å². The Balaban J connectivity index is 2.16. The van der Waals surface area contributed by atoms with E-state index in [0.29, 0.717) is 0 Å². The second-order valence-corrected chi connectivity index (χ2v) is 7.39. The van der Waals surface area contributed by atoms with Crippen molar-refractivity contribution in [1.29, 1.82) is 0 Å². The predicted octanol–water partition coefficient (Wildman–Crippen LogP) is 3.64. The van der Waals surface area contributed by atoms with E-state index in [2.05, 4.69) is 49.6 Å². The van der Waals surface area contributed by atoms with Crippen molar-refractivity contribution in [1.82, 2.24) is 5.32 Å². The second-order valence-electron chi connectivity index (χ2n) is 4.83. The van der Waals surface area contributed by atoms with Gasteiger partial charge in [0.1, 0.15) is 0 Å². The molecular formula is C13H27NS2. The van der Waals surface area contributed by atoms with Crippen molar-refractivity contribution in [2.75, 3.05) is 23.8 Å². The van der Waals surface area contributed by atoms with Gasteiger partial charge in [0.05, 0.1) is 0 Å². The van der Waals surface area contributed by atoms with Gasteiger partial charge in [0, 0.05) is 35.1 Å². The van der Waals surface area contributed by atoms with Crippen molar-refractivity contribution < 1.29 is 0 Å². The smallest absolute Gasteiger partial charge is 0.0263 e. The van der Waals surface area contributed by atoms with Gasteiger partial charge in [-0.15, -0.1) is 0 Å². The van der Waals surface area contributed by atoms with Crippen molar-refractivity contribution in [3.05, 3.63) is 0 Å². The molecule has 16 heavy (non-hydrogen) atoms. The lowest BCUT2D eigenvalue weighted by Gasteiger charge is -2.25. The SMILES string of the molecule is CCC(C)CC(CC)NCC1CSCCS1. The van der Waals surface area contributed by atoms with E-state index in [4.69, 9.17) is 0 Å². The van der Waals surface area contributed by atoms with Crippen LogP contribution in [-0.4, -0.2) is 35.1 Å². The van der Waals surface area contributed by atoms with E-state index in [1.807, 2.05) is 0 Å². The van der Waals surface area contributed by atoms with Crippen LogP contribution in [0.15, 0.2) is 0 Å². The van der Waals surface area contributed by atoms with Crippen LogP contribution in [0.5, 0.6) is 0 Å². The fraction of sp³-hybridized carbons (Fsp3) is 1.00. The molecule has 96 valence electrons. The first-order valence-electron chi connectivity index (χ1n) is 6.69. The van der Waals surface area contributed by atoms with Gasteiger partial charge in [-0.1, -0.05) is 27.2 Å². The zero-order chi connectivity index (χ0) is 11.8. The third kappa shape index (κ3) is 5.83. The summed E-state index contributed by atoms with van der Waals surface area (Å²) >= 11 is 4.28. The van der Waals surface area contributed by atoms with Crippen LogP contribution in [0, 0.1) is 5.92 Å². The summed E-state index contributed by atoms with van der Waals surface area (Å²) in [4.78, 5) is 0. The summed E-state index contributed by atoms with van der Waals surface area (Å²) in [6.07, 6.45) is 3.93. The maximum absolute atomic E-state index is 3.77. The van der Waals surface area contributed by atoms with Gasteiger partial charge in [0.2, 0.25) is 0 Å². The van der Waals surface area contributed by atoms with E-state index in [9.17, 15) is 0 Å². The van der Waals surface area contributed by atoms with Crippen molar-refractivity contribution in [3.63, 3.8) is 0 Å². The molecule has 1 nitrogen and oxygen atoms in total. The second kappa shape index (κ2) is 8.71. The average molecular weight is 261 g/mol. The quantitative estimate of drug-likeness (QED) is 0.751. The Labute approximate surface area is 110 Å². The Hall–Kier alpha value is 0.660. The summed E-state index contributed by atoms with van der Waals surface area (Å²) in [5.74, 6) is 4.91. The van der Waals surface area contributed by atoms with E-state index in [0.717, 1.165) is 17.2 Å². The molecule has 0 saturated carbocycles. The number of hydrogen-bond acceptors (Lipinski definition) is 3. The van der Waals surface area contributed by atoms with Crippen LogP contribution in [0.4, 0.5) is 0 Å². The monoisotopic (exact) mass is 261 g/mol. The third-order valence-corrected chi connectivity index (χ3v) is 6.24. The van der Waals surface area contributed by atoms with E-state index < -0.39 is 0 Å². The van der Waals surface area contributed by atoms with Gasteiger partial charge in [0.15, 0.2) is 0 Å². The van der Waals surface area contributed by atoms with Crippen LogP contribution in [0.3, 0.4) is 0 Å². The Morgan fingerprint density at radius 3 is 2.62 bits per heavy atom. The molecule has 0 spiro atoms. The first-order chi connectivity index (χ1) is 7.76. The fourth-order valence-corrected chi connectivity index (χ4v) is 4.62. The number of nitrogens with one attached hydrogen (secondary N) is 1. The highest BCUT2D eigenvalue weighted by atomic mass is 32.2. The lowest BCUT2D eigenvalue weighted by atomic mass is 9.98. The summed E-state index contributed by atoms with van der Waals surface area (Å²) in [5, 5.41) is 4.62. The molecule has 1 aliphatic heterocycles. The van der Waals surface area contributed by atoms with Crippen LogP contribution >= 0.6 is 23.5 Å². The molecule has 0 aromatic carbocycles. The molecular weight excluding hydrogens is 234 g/mol. The first-order valence-corrected chi connectivity index (χ1v) is 8.89. The van der Waals surface area contributed by atoms with Gasteiger partial charge in [-0.05, 0) is 18.8 Å². The highest BCUT2D eigenvalue weighted by Gasteiger charge is 2.16. The minimum absolute atomic E-state index is 0.738. The Morgan fingerprint density at radius 2 is 2.06 bits per heavy atom. The Bertz CT molecular complexity index is 169. The molecule has 1 heterocycles. The minimum Gasteiger partial charge on any atom is -0.313 e. The Kier molecular flexibility index (Phi) is 8.01. The molecule has 0 aromatic heterocycles. The fourth-order valence-electron chi connectivity index (χ4n) is 2.00. The molecule has 1 aliphatic rings. The highest BCUT2D eigenvalue weighted by molar-refractivity contribution is 8.06. The number of rotatable bonds is 7. The van der Waals surface area contributed by atoms with Crippen molar-refractivity contribution in [2.24, 2.45) is 5.92 Å². The lowest BCUT2D eigenvalue weighted by Crippen LogP contribution is -2.37. The van der Waals surface area contributed by atoms with Crippen LogP contribution in [0.1, 0.15) is 40.0 Å². The standard InChI is InChI=1S/C13H27NS2/c1-4-11(3)8-12(5-2)14-9-13-10-15-6-7-16-13/h11-14H,4-10H2,1-3H3. The van der Waals surface area contributed by atoms with E-state index in [1.165, 1.54) is 43.1 Å². The molecule has 1 fully saturated rings. The van der Waals surface area contributed by atoms with Gasteiger partial charge in [0.25, 0.3) is 0 Å². The molecule has 0 amide bonds. The van der Waals surface area contributed by atoms with E-state index >= 15 is 0 Å². The van der Waals surface area contributed by atoms with Gasteiger partial charge in [-0.2, -0.15) is 23.5 Å². The summed E-state index contributed by atoms with van der Waals surface area (Å²) in [6.45, 7) is 8.19. The normalized spacial score (nSPS) is 25.3. The highest BCUT2D eigenvalue weighted by Crippen LogP contribution is 2.23. The van der Waals surface area contributed by atoms with Gasteiger partial charge < -0.3 is 5.32 Å². The molecule has 1 N–H and O–H groups in total. The lowest BCUT2D eigenvalue weighted by molar-refractivity contribution is 0.387. The molecule has 3 atom stereocenters. The molecule has 3 unspecified atom stereocenters. The van der Waals surface area contributed by atoms with Crippen LogP contribution in [-0.2, 0) is 0 Å². The zero-order valence-electron chi connectivity index (χ0n) is 11.0. The van der Waals surface area contributed by atoms with E-state index in [-0.39, 0.29) is 0 Å². The maximum atomic E-state index is 3.77.